The average Bonchev–Trinajstić information content (AvgIpc) is 2.98. The van der Waals surface area contributed by atoms with Crippen LogP contribution in [0.2, 0.25) is 0 Å². The van der Waals surface area contributed by atoms with E-state index in [1.54, 1.807) is 6.33 Å². The molecule has 0 fully saturated rings. The number of hydrogen-bond acceptors (Lipinski definition) is 5. The molecule has 3 rings (SSSR count). The summed E-state index contributed by atoms with van der Waals surface area (Å²) in [4.78, 5) is 24.2. The van der Waals surface area contributed by atoms with Gasteiger partial charge in [-0.05, 0) is 5.56 Å². The number of imidazole rings is 1. The van der Waals surface area contributed by atoms with E-state index in [4.69, 9.17) is 11.2 Å². The number of rotatable bonds is 5. The fraction of sp³-hybridized carbons (Fsp3) is 0.176. The van der Waals surface area contributed by atoms with Gasteiger partial charge in [-0.2, -0.15) is 4.98 Å². The van der Waals surface area contributed by atoms with Gasteiger partial charge in [0, 0.05) is 6.42 Å². The van der Waals surface area contributed by atoms with Gasteiger partial charge in [-0.15, -0.1) is 12.3 Å². The molecule has 0 radical (unpaired) electrons. The molecule has 2 heterocycles. The molecule has 0 aliphatic carbocycles. The van der Waals surface area contributed by atoms with Crippen molar-refractivity contribution in [2.24, 2.45) is 0 Å². The Balaban J connectivity index is 1.86. The van der Waals surface area contributed by atoms with Gasteiger partial charge in [-0.25, -0.2) is 9.97 Å². The summed E-state index contributed by atoms with van der Waals surface area (Å²) in [5.74, 6) is 2.13. The van der Waals surface area contributed by atoms with Crippen LogP contribution in [0.5, 0.6) is 5.88 Å². The summed E-state index contributed by atoms with van der Waals surface area (Å²) >= 11 is 0. The third-order valence-corrected chi connectivity index (χ3v) is 3.25. The molecule has 0 bridgehead atoms. The highest BCUT2D eigenvalue weighted by Gasteiger charge is 2.14. The summed E-state index contributed by atoms with van der Waals surface area (Å²) in [6.07, 6.45) is 8.63. The van der Waals surface area contributed by atoms with E-state index >= 15 is 0 Å². The largest absolute Gasteiger partial charge is 0.405 e. The number of fused-ring (bicyclic) bond motifs is 1. The lowest BCUT2D eigenvalue weighted by atomic mass is 10.2. The van der Waals surface area contributed by atoms with Gasteiger partial charge in [0.15, 0.2) is 11.2 Å². The second-order valence-corrected chi connectivity index (χ2v) is 4.89. The van der Waals surface area contributed by atoms with E-state index in [1.165, 1.54) is 6.33 Å². The molecule has 3 aromatic rings. The smallest absolute Gasteiger partial charge is 0.313 e. The van der Waals surface area contributed by atoms with E-state index in [1.807, 2.05) is 34.9 Å². The summed E-state index contributed by atoms with van der Waals surface area (Å²) in [6.45, 7) is 0.624. The third kappa shape index (κ3) is 3.35. The Bertz CT molecular complexity index is 865. The van der Waals surface area contributed by atoms with Gasteiger partial charge in [0.25, 0.3) is 5.88 Å². The fourth-order valence-electron chi connectivity index (χ4n) is 2.16. The molecular formula is C17H14N4O2. The number of benzene rings is 1. The lowest BCUT2D eigenvalue weighted by Crippen LogP contribution is -2.09. The number of nitrogens with zero attached hydrogens (tertiary/aromatic N) is 4. The zero-order valence-electron chi connectivity index (χ0n) is 12.3. The van der Waals surface area contributed by atoms with E-state index < -0.39 is 5.97 Å². The van der Waals surface area contributed by atoms with Crippen molar-refractivity contribution in [3.05, 3.63) is 48.5 Å². The number of esters is 1. The first kappa shape index (κ1) is 14.7. The Morgan fingerprint density at radius 3 is 2.83 bits per heavy atom. The van der Waals surface area contributed by atoms with E-state index in [0.29, 0.717) is 24.1 Å². The summed E-state index contributed by atoms with van der Waals surface area (Å²) in [6, 6.07) is 9.96. The van der Waals surface area contributed by atoms with Gasteiger partial charge < -0.3 is 9.30 Å². The fourth-order valence-corrected chi connectivity index (χ4v) is 2.16. The summed E-state index contributed by atoms with van der Waals surface area (Å²) < 4.78 is 7.11. The predicted molar refractivity (Wildman–Crippen MR) is 84.6 cm³/mol. The highest BCUT2D eigenvalue weighted by molar-refractivity contribution is 5.81. The number of hydrogen-bond donors (Lipinski definition) is 0. The Labute approximate surface area is 133 Å². The molecular weight excluding hydrogens is 292 g/mol. The first-order valence-corrected chi connectivity index (χ1v) is 7.12. The van der Waals surface area contributed by atoms with Crippen LogP contribution in [-0.4, -0.2) is 25.5 Å². The van der Waals surface area contributed by atoms with E-state index in [-0.39, 0.29) is 12.3 Å². The molecule has 0 atom stereocenters. The van der Waals surface area contributed by atoms with Crippen LogP contribution in [0.15, 0.2) is 43.0 Å². The minimum Gasteiger partial charge on any atom is -0.405 e. The minimum atomic E-state index is -0.430. The van der Waals surface area contributed by atoms with Gasteiger partial charge in [0.05, 0.1) is 19.3 Å². The Kier molecular flexibility index (Phi) is 4.29. The van der Waals surface area contributed by atoms with Gasteiger partial charge in [0.1, 0.15) is 6.33 Å². The van der Waals surface area contributed by atoms with E-state index in [2.05, 4.69) is 20.9 Å². The van der Waals surface area contributed by atoms with Gasteiger partial charge in [-0.3, -0.25) is 4.79 Å². The zero-order valence-corrected chi connectivity index (χ0v) is 12.3. The third-order valence-electron chi connectivity index (χ3n) is 3.25. The van der Waals surface area contributed by atoms with Crippen LogP contribution in [0.1, 0.15) is 18.4 Å². The second-order valence-electron chi connectivity index (χ2n) is 4.89. The van der Waals surface area contributed by atoms with Crippen LogP contribution in [-0.2, 0) is 11.3 Å². The first-order chi connectivity index (χ1) is 11.3. The minimum absolute atomic E-state index is 0.146. The molecule has 0 N–H and O–H groups in total. The number of terminal acetylenes is 1. The van der Waals surface area contributed by atoms with Crippen LogP contribution in [0.3, 0.4) is 0 Å². The molecule has 114 valence electrons. The molecule has 6 nitrogen and oxygen atoms in total. The molecule has 1 aromatic carbocycles. The van der Waals surface area contributed by atoms with Crippen molar-refractivity contribution in [2.45, 2.75) is 19.4 Å². The predicted octanol–water partition coefficient (Wildman–Crippen LogP) is 2.19. The highest BCUT2D eigenvalue weighted by atomic mass is 16.5. The number of carbonyl (C=O) groups excluding carboxylic acids is 1. The number of carbonyl (C=O) groups is 1. The molecule has 0 amide bonds. The van der Waals surface area contributed by atoms with E-state index in [9.17, 15) is 4.79 Å². The first-order valence-electron chi connectivity index (χ1n) is 7.12. The molecule has 2 aromatic heterocycles. The van der Waals surface area contributed by atoms with Crippen molar-refractivity contribution in [1.82, 2.24) is 19.5 Å². The Morgan fingerprint density at radius 1 is 1.22 bits per heavy atom. The van der Waals surface area contributed by atoms with E-state index in [0.717, 1.165) is 5.56 Å². The molecule has 0 saturated heterocycles. The van der Waals surface area contributed by atoms with Crippen molar-refractivity contribution in [3.8, 4) is 18.2 Å². The van der Waals surface area contributed by atoms with Gasteiger partial charge in [0.2, 0.25) is 0 Å². The summed E-state index contributed by atoms with van der Waals surface area (Å²) in [5.41, 5.74) is 2.19. The lowest BCUT2D eigenvalue weighted by molar-refractivity contribution is -0.134. The molecule has 0 spiro atoms. The quantitative estimate of drug-likeness (QED) is 0.534. The van der Waals surface area contributed by atoms with Crippen LogP contribution in [0.25, 0.3) is 11.2 Å². The van der Waals surface area contributed by atoms with Gasteiger partial charge >= 0.3 is 5.97 Å². The molecule has 0 aliphatic heterocycles. The zero-order chi connectivity index (χ0) is 16.1. The molecule has 6 heteroatoms. The van der Waals surface area contributed by atoms with Crippen LogP contribution in [0.4, 0.5) is 0 Å². The standard InChI is InChI=1S/C17H14N4O2/c1-2-3-9-14(22)23-17-15-16(18-11-19-17)21(12-20-15)10-13-7-5-4-6-8-13/h1,4-8,11-12H,3,9-10H2. The Morgan fingerprint density at radius 2 is 2.04 bits per heavy atom. The van der Waals surface area contributed by atoms with Crippen molar-refractivity contribution >= 4 is 17.1 Å². The maximum atomic E-state index is 11.7. The molecule has 0 aliphatic rings. The monoisotopic (exact) mass is 306 g/mol. The SMILES string of the molecule is C#CCCC(=O)Oc1ncnc2c1ncn2Cc1ccccc1. The van der Waals surface area contributed by atoms with Crippen LogP contribution < -0.4 is 4.74 Å². The maximum absolute atomic E-state index is 11.7. The molecule has 23 heavy (non-hydrogen) atoms. The normalized spacial score (nSPS) is 10.4. The van der Waals surface area contributed by atoms with Gasteiger partial charge in [-0.1, -0.05) is 30.3 Å². The highest BCUT2D eigenvalue weighted by Crippen LogP contribution is 2.20. The van der Waals surface area contributed by atoms with Crippen molar-refractivity contribution in [1.29, 1.82) is 0 Å². The van der Waals surface area contributed by atoms with Crippen molar-refractivity contribution < 1.29 is 9.53 Å². The van der Waals surface area contributed by atoms with Crippen LogP contribution >= 0.6 is 0 Å². The average molecular weight is 306 g/mol. The van der Waals surface area contributed by atoms with Crippen LogP contribution in [0, 0.1) is 12.3 Å². The second kappa shape index (κ2) is 6.71. The summed E-state index contributed by atoms with van der Waals surface area (Å²) in [7, 11) is 0. The Hall–Kier alpha value is -3.20. The molecule has 0 unspecified atom stereocenters. The van der Waals surface area contributed by atoms with Crippen molar-refractivity contribution in [3.63, 3.8) is 0 Å². The van der Waals surface area contributed by atoms with Crippen molar-refractivity contribution in [2.75, 3.05) is 0 Å². The number of ether oxygens (including phenoxy) is 1. The maximum Gasteiger partial charge on any atom is 0.313 e. The lowest BCUT2D eigenvalue weighted by Gasteiger charge is -2.05. The topological polar surface area (TPSA) is 69.9 Å². The molecule has 0 saturated carbocycles. The number of aromatic nitrogens is 4. The summed E-state index contributed by atoms with van der Waals surface area (Å²) in [5, 5.41) is 0.